The number of rotatable bonds is 2. The molecule has 2 N–H and O–H groups in total. The Balaban J connectivity index is 1.69. The normalized spacial score (nSPS) is 18.4. The van der Waals surface area contributed by atoms with Crippen LogP contribution in [0.15, 0.2) is 12.3 Å². The molecule has 1 aliphatic carbocycles. The zero-order valence-electron chi connectivity index (χ0n) is 13.0. The number of urea groups is 1. The predicted octanol–water partition coefficient (Wildman–Crippen LogP) is 3.95. The van der Waals surface area contributed by atoms with E-state index >= 15 is 0 Å². The van der Waals surface area contributed by atoms with E-state index in [4.69, 9.17) is 0 Å². The molecule has 1 saturated carbocycles. The summed E-state index contributed by atoms with van der Waals surface area (Å²) >= 11 is 5.52. The Hall–Kier alpha value is -1.80. The summed E-state index contributed by atoms with van der Waals surface area (Å²) in [7, 11) is 0. The Morgan fingerprint density at radius 2 is 2.08 bits per heavy atom. The molecule has 0 unspecified atom stereocenters. The molecular weight excluding hydrogens is 344 g/mol. The standard InChI is InChI=1S/C16H18N4O2S2/c21-14(18-9-5-3-1-2-4-6-9)13-12-11-10(20(23)16(22)19-12)7-8-17-15(11)24-13/h7-9,23H,1-6H2,(H,18,21)(H,19,22). The molecule has 0 radical (unpaired) electrons. The molecule has 0 atom stereocenters. The van der Waals surface area contributed by atoms with Crippen molar-refractivity contribution < 1.29 is 9.59 Å². The molecule has 1 fully saturated rings. The van der Waals surface area contributed by atoms with Crippen molar-refractivity contribution in [3.8, 4) is 0 Å². The van der Waals surface area contributed by atoms with Crippen molar-refractivity contribution in [2.75, 3.05) is 9.62 Å². The fourth-order valence-electron chi connectivity index (χ4n) is 3.41. The maximum atomic E-state index is 12.8. The summed E-state index contributed by atoms with van der Waals surface area (Å²) in [5.41, 5.74) is 1.21. The summed E-state index contributed by atoms with van der Waals surface area (Å²) in [5.74, 6) is -0.126. The van der Waals surface area contributed by atoms with Crippen molar-refractivity contribution in [2.24, 2.45) is 0 Å². The zero-order valence-corrected chi connectivity index (χ0v) is 14.8. The lowest BCUT2D eigenvalue weighted by atomic mass is 10.1. The summed E-state index contributed by atoms with van der Waals surface area (Å²) in [5, 5.41) is 6.69. The van der Waals surface area contributed by atoms with Crippen LogP contribution in [0.1, 0.15) is 48.2 Å². The van der Waals surface area contributed by atoms with Crippen LogP contribution in [0.3, 0.4) is 0 Å². The minimum Gasteiger partial charge on any atom is -0.349 e. The number of hydrogen-bond donors (Lipinski definition) is 3. The molecule has 126 valence electrons. The van der Waals surface area contributed by atoms with E-state index in [9.17, 15) is 9.59 Å². The molecule has 1 aliphatic heterocycles. The van der Waals surface area contributed by atoms with E-state index in [1.54, 1.807) is 12.3 Å². The Morgan fingerprint density at radius 3 is 2.83 bits per heavy atom. The number of hydrogen-bond acceptors (Lipinski definition) is 5. The summed E-state index contributed by atoms with van der Waals surface area (Å²) in [4.78, 5) is 30.5. The summed E-state index contributed by atoms with van der Waals surface area (Å²) in [6.07, 6.45) is 8.46. The topological polar surface area (TPSA) is 74.3 Å². The quantitative estimate of drug-likeness (QED) is 0.559. The number of thiol groups is 1. The van der Waals surface area contributed by atoms with Gasteiger partial charge in [-0.1, -0.05) is 38.5 Å². The Labute approximate surface area is 149 Å². The van der Waals surface area contributed by atoms with Crippen molar-refractivity contribution in [1.29, 1.82) is 0 Å². The first kappa shape index (κ1) is 15.7. The smallest absolute Gasteiger partial charge is 0.336 e. The zero-order chi connectivity index (χ0) is 16.7. The second kappa shape index (κ2) is 6.25. The fourth-order valence-corrected chi connectivity index (χ4v) is 4.65. The van der Waals surface area contributed by atoms with Crippen molar-refractivity contribution in [3.05, 3.63) is 17.1 Å². The molecular formula is C16H18N4O2S2. The van der Waals surface area contributed by atoms with Crippen LogP contribution >= 0.6 is 24.2 Å². The maximum absolute atomic E-state index is 12.8. The third-order valence-electron chi connectivity index (χ3n) is 4.62. The monoisotopic (exact) mass is 362 g/mol. The van der Waals surface area contributed by atoms with E-state index in [0.29, 0.717) is 16.3 Å². The number of pyridine rings is 1. The van der Waals surface area contributed by atoms with Gasteiger partial charge in [-0.3, -0.25) is 4.79 Å². The molecule has 0 bridgehead atoms. The van der Waals surface area contributed by atoms with E-state index in [2.05, 4.69) is 28.4 Å². The van der Waals surface area contributed by atoms with Gasteiger partial charge in [0, 0.05) is 12.2 Å². The lowest BCUT2D eigenvalue weighted by Crippen LogP contribution is -2.35. The lowest BCUT2D eigenvalue weighted by molar-refractivity contribution is 0.0938. The van der Waals surface area contributed by atoms with Gasteiger partial charge < -0.3 is 10.6 Å². The fraction of sp³-hybridized carbons (Fsp3) is 0.438. The number of anilines is 2. The first-order valence-corrected chi connectivity index (χ1v) is 9.39. The SMILES string of the molecule is O=C(NC1CCCCCC1)c1sc2nccc3c2c1NC(=O)N3S. The molecule has 2 aliphatic rings. The number of amides is 3. The number of aromatic nitrogens is 1. The average Bonchev–Trinajstić information content (AvgIpc) is 2.76. The Bertz CT molecular complexity index is 812. The molecule has 3 heterocycles. The first-order chi connectivity index (χ1) is 11.6. The number of nitrogens with one attached hydrogen (secondary N) is 2. The van der Waals surface area contributed by atoms with Gasteiger partial charge in [0.25, 0.3) is 5.91 Å². The number of nitrogens with zero attached hydrogens (tertiary/aromatic N) is 2. The highest BCUT2D eigenvalue weighted by atomic mass is 32.1. The van der Waals surface area contributed by atoms with Crippen molar-refractivity contribution >= 4 is 57.7 Å². The molecule has 0 spiro atoms. The van der Waals surface area contributed by atoms with Crippen LogP contribution in [-0.4, -0.2) is 23.0 Å². The van der Waals surface area contributed by atoms with Gasteiger partial charge in [0.05, 0.1) is 16.8 Å². The van der Waals surface area contributed by atoms with Crippen LogP contribution in [0, 0.1) is 0 Å². The molecule has 0 saturated heterocycles. The number of carbonyl (C=O) groups is 2. The lowest BCUT2D eigenvalue weighted by Gasteiger charge is -2.23. The predicted molar refractivity (Wildman–Crippen MR) is 99.1 cm³/mol. The average molecular weight is 362 g/mol. The summed E-state index contributed by atoms with van der Waals surface area (Å²) in [6.45, 7) is 0. The van der Waals surface area contributed by atoms with Gasteiger partial charge in [0.15, 0.2) is 0 Å². The van der Waals surface area contributed by atoms with Crippen LogP contribution in [-0.2, 0) is 0 Å². The van der Waals surface area contributed by atoms with E-state index in [1.807, 2.05) is 0 Å². The summed E-state index contributed by atoms with van der Waals surface area (Å²) < 4.78 is 1.25. The van der Waals surface area contributed by atoms with Gasteiger partial charge >= 0.3 is 6.03 Å². The van der Waals surface area contributed by atoms with Crippen molar-refractivity contribution in [1.82, 2.24) is 10.3 Å². The first-order valence-electron chi connectivity index (χ1n) is 8.17. The third kappa shape index (κ3) is 2.63. The van der Waals surface area contributed by atoms with E-state index in [1.165, 1.54) is 28.5 Å². The van der Waals surface area contributed by atoms with Gasteiger partial charge in [0.2, 0.25) is 0 Å². The molecule has 3 amide bonds. The molecule has 24 heavy (non-hydrogen) atoms. The highest BCUT2D eigenvalue weighted by molar-refractivity contribution is 7.82. The summed E-state index contributed by atoms with van der Waals surface area (Å²) in [6, 6.07) is 1.59. The molecule has 4 rings (SSSR count). The molecule has 6 nitrogen and oxygen atoms in total. The molecule has 2 aromatic heterocycles. The van der Waals surface area contributed by atoms with Crippen LogP contribution in [0.2, 0.25) is 0 Å². The van der Waals surface area contributed by atoms with E-state index in [0.717, 1.165) is 35.9 Å². The molecule has 0 aromatic carbocycles. The van der Waals surface area contributed by atoms with Crippen LogP contribution in [0.25, 0.3) is 10.2 Å². The number of thiophene rings is 1. The Morgan fingerprint density at radius 1 is 1.33 bits per heavy atom. The maximum Gasteiger partial charge on any atom is 0.336 e. The van der Waals surface area contributed by atoms with Crippen LogP contribution < -0.4 is 14.9 Å². The van der Waals surface area contributed by atoms with Crippen LogP contribution in [0.4, 0.5) is 16.2 Å². The van der Waals surface area contributed by atoms with Crippen LogP contribution in [0.5, 0.6) is 0 Å². The second-order valence-corrected chi connectivity index (χ2v) is 7.62. The van der Waals surface area contributed by atoms with Gasteiger partial charge in [-0.05, 0) is 18.9 Å². The number of carbonyl (C=O) groups excluding carboxylic acids is 2. The molecule has 2 aromatic rings. The van der Waals surface area contributed by atoms with Gasteiger partial charge in [0.1, 0.15) is 9.71 Å². The van der Waals surface area contributed by atoms with Crippen molar-refractivity contribution in [3.63, 3.8) is 0 Å². The van der Waals surface area contributed by atoms with Gasteiger partial charge in [-0.25, -0.2) is 14.1 Å². The minimum atomic E-state index is -0.361. The van der Waals surface area contributed by atoms with Crippen molar-refractivity contribution in [2.45, 2.75) is 44.6 Å². The Kier molecular flexibility index (Phi) is 4.09. The third-order valence-corrected chi connectivity index (χ3v) is 6.11. The second-order valence-electron chi connectivity index (χ2n) is 6.22. The van der Waals surface area contributed by atoms with Gasteiger partial charge in [-0.2, -0.15) is 0 Å². The van der Waals surface area contributed by atoms with E-state index < -0.39 is 0 Å². The van der Waals surface area contributed by atoms with E-state index in [-0.39, 0.29) is 18.0 Å². The highest BCUT2D eigenvalue weighted by Gasteiger charge is 2.31. The van der Waals surface area contributed by atoms with Gasteiger partial charge in [-0.15, -0.1) is 11.3 Å². The largest absolute Gasteiger partial charge is 0.349 e. The molecule has 8 heteroatoms. The minimum absolute atomic E-state index is 0.126. The highest BCUT2D eigenvalue weighted by Crippen LogP contribution is 2.43.